The number of hydrogen-bond donors (Lipinski definition) is 0. The number of unbranched alkanes of at least 4 members (excludes halogenated alkanes) is 2. The Hall–Kier alpha value is 1.09. The fourth-order valence-electron chi connectivity index (χ4n) is 0.361. The van der Waals surface area contributed by atoms with Crippen LogP contribution in [0.25, 0.3) is 0 Å². The van der Waals surface area contributed by atoms with E-state index >= 15 is 0 Å². The van der Waals surface area contributed by atoms with Gasteiger partial charge in [-0.2, -0.15) is 0 Å². The molecule has 0 rings (SSSR count). The molecule has 0 spiro atoms. The maximum atomic E-state index is 3.19. The van der Waals surface area contributed by atoms with Gasteiger partial charge in [-0.15, -0.1) is 0 Å². The normalized spacial score (nSPS) is 7.75. The quantitative estimate of drug-likeness (QED) is 0.316. The van der Waals surface area contributed by atoms with Crippen LogP contribution in [0.3, 0.4) is 0 Å². The zero-order chi connectivity index (χ0) is 6.24. The first-order valence-corrected chi connectivity index (χ1v) is 12.5. The van der Waals surface area contributed by atoms with Crippen molar-refractivity contribution in [2.45, 2.75) is 26.2 Å². The summed E-state index contributed by atoms with van der Waals surface area (Å²) in [6.07, 6.45) is 3.68. The topological polar surface area (TPSA) is 0 Å². The molecule has 0 aliphatic heterocycles. The summed E-state index contributed by atoms with van der Waals surface area (Å²) >= 11 is 2.21. The summed E-state index contributed by atoms with van der Waals surface area (Å²) in [7, 11) is 0. The van der Waals surface area contributed by atoms with Gasteiger partial charge in [0.05, 0.1) is 0 Å². The third-order valence-electron chi connectivity index (χ3n) is 0.791. The summed E-state index contributed by atoms with van der Waals surface area (Å²) in [5, 5.41) is 0. The van der Waals surface area contributed by atoms with Crippen molar-refractivity contribution in [3.05, 3.63) is 0 Å². The fraction of sp³-hybridized carbons (Fsp3) is 0.667. The van der Waals surface area contributed by atoms with Gasteiger partial charge in [-0.1, -0.05) is 0 Å². The van der Waals surface area contributed by atoms with E-state index in [1.807, 2.05) is 0 Å². The van der Waals surface area contributed by atoms with Crippen LogP contribution in [-0.2, 0) is 0 Å². The molecule has 2 radical (unpaired) electrons. The van der Waals surface area contributed by atoms with Crippen LogP contribution >= 0.6 is 18.6 Å². The van der Waals surface area contributed by atoms with Gasteiger partial charge in [-0.05, 0) is 0 Å². The van der Waals surface area contributed by atoms with Crippen LogP contribution in [-0.4, -0.2) is 17.2 Å². The van der Waals surface area contributed by atoms with Crippen LogP contribution in [0, 0.1) is 9.86 Å². The van der Waals surface area contributed by atoms with Gasteiger partial charge < -0.3 is 0 Å². The van der Waals surface area contributed by atoms with Crippen LogP contribution in [0.5, 0.6) is 0 Å². The van der Waals surface area contributed by atoms with Crippen molar-refractivity contribution < 1.29 is 0 Å². The average Bonchev–Trinajstić information content (AvgIpc) is 1.81. The predicted molar refractivity (Wildman–Crippen MR) is 47.1 cm³/mol. The van der Waals surface area contributed by atoms with Gasteiger partial charge in [0.25, 0.3) is 0 Å². The zero-order valence-corrected chi connectivity index (χ0v) is 10.0. The van der Waals surface area contributed by atoms with E-state index in [4.69, 9.17) is 0 Å². The van der Waals surface area contributed by atoms with Gasteiger partial charge in [0.15, 0.2) is 0 Å². The molecular weight excluding hydrogens is 318 g/mol. The standard InChI is InChI=1S/C6H9.HI.Sn/c1-3-5-6-4-2;;/h3,5-6H2,1H3;1H;/q;;+1/p-1. The van der Waals surface area contributed by atoms with Crippen molar-refractivity contribution in [1.29, 1.82) is 0 Å². The van der Waals surface area contributed by atoms with Crippen molar-refractivity contribution >= 4 is 35.8 Å². The first-order chi connectivity index (χ1) is 3.91. The Balaban J connectivity index is 2.90. The van der Waals surface area contributed by atoms with E-state index in [9.17, 15) is 0 Å². The average molecular weight is 327 g/mol. The second kappa shape index (κ2) is 8.09. The predicted octanol–water partition coefficient (Wildman–Crippen LogP) is 2.19. The SMILES string of the molecule is CCCCC#[C][Sn][I]. The summed E-state index contributed by atoms with van der Waals surface area (Å²) in [4.78, 5) is 0. The number of halogens is 1. The minimum atomic E-state index is -0.224. The first-order valence-electron chi connectivity index (χ1n) is 2.75. The van der Waals surface area contributed by atoms with Crippen LogP contribution in [0.15, 0.2) is 0 Å². The van der Waals surface area contributed by atoms with Crippen LogP contribution in [0.1, 0.15) is 26.2 Å². The van der Waals surface area contributed by atoms with Gasteiger partial charge in [0.1, 0.15) is 0 Å². The van der Waals surface area contributed by atoms with Crippen molar-refractivity contribution in [2.24, 2.45) is 0 Å². The Kier molecular flexibility index (Phi) is 9.19. The maximum absolute atomic E-state index is 3.19. The van der Waals surface area contributed by atoms with E-state index in [0.29, 0.717) is 0 Å². The Morgan fingerprint density at radius 1 is 1.62 bits per heavy atom. The van der Waals surface area contributed by atoms with Gasteiger partial charge >= 0.3 is 71.9 Å². The van der Waals surface area contributed by atoms with Crippen molar-refractivity contribution in [3.63, 3.8) is 0 Å². The molecule has 0 atom stereocenters. The van der Waals surface area contributed by atoms with E-state index in [1.54, 1.807) is 0 Å². The Morgan fingerprint density at radius 2 is 2.38 bits per heavy atom. The molecule has 0 saturated heterocycles. The van der Waals surface area contributed by atoms with Crippen molar-refractivity contribution in [1.82, 2.24) is 0 Å². The molecule has 0 bridgehead atoms. The van der Waals surface area contributed by atoms with Gasteiger partial charge in [0.2, 0.25) is 0 Å². The molecule has 0 nitrogen and oxygen atoms in total. The zero-order valence-electron chi connectivity index (χ0n) is 5.00. The minimum absolute atomic E-state index is 0.224. The van der Waals surface area contributed by atoms with Gasteiger partial charge in [0, 0.05) is 0 Å². The van der Waals surface area contributed by atoms with Crippen molar-refractivity contribution in [3.8, 4) is 9.86 Å². The van der Waals surface area contributed by atoms with E-state index in [2.05, 4.69) is 35.4 Å². The van der Waals surface area contributed by atoms with Gasteiger partial charge in [-0.25, -0.2) is 0 Å². The fourth-order valence-corrected chi connectivity index (χ4v) is 2.19. The Morgan fingerprint density at radius 3 is 2.88 bits per heavy atom. The molecule has 0 saturated carbocycles. The third kappa shape index (κ3) is 7.09. The van der Waals surface area contributed by atoms with E-state index < -0.39 is 0 Å². The van der Waals surface area contributed by atoms with Crippen LogP contribution in [0.2, 0.25) is 0 Å². The summed E-state index contributed by atoms with van der Waals surface area (Å²) in [6, 6.07) is 0. The monoisotopic (exact) mass is 328 g/mol. The molecule has 0 heterocycles. The molecule has 0 amide bonds. The van der Waals surface area contributed by atoms with Gasteiger partial charge in [-0.3, -0.25) is 0 Å². The molecule has 0 fully saturated rings. The molecule has 0 aromatic carbocycles. The number of rotatable bonds is 2. The summed E-state index contributed by atoms with van der Waals surface area (Å²) in [5.41, 5.74) is 0. The van der Waals surface area contributed by atoms with E-state index in [1.165, 1.54) is 12.8 Å². The molecule has 0 aromatic heterocycles. The second-order valence-electron chi connectivity index (χ2n) is 1.50. The number of hydrogen-bond acceptors (Lipinski definition) is 0. The second-order valence-corrected chi connectivity index (χ2v) is 6.37. The van der Waals surface area contributed by atoms with Crippen LogP contribution < -0.4 is 0 Å². The molecule has 0 N–H and O–H groups in total. The molecule has 2 heteroatoms. The van der Waals surface area contributed by atoms with Crippen LogP contribution in [0.4, 0.5) is 0 Å². The third-order valence-corrected chi connectivity index (χ3v) is 3.37. The summed E-state index contributed by atoms with van der Waals surface area (Å²) in [5.74, 6) is 3.15. The van der Waals surface area contributed by atoms with Crippen molar-refractivity contribution in [2.75, 3.05) is 0 Å². The Bertz CT molecular complexity index is 90.4. The van der Waals surface area contributed by atoms with E-state index in [0.717, 1.165) is 6.42 Å². The molecule has 0 aliphatic rings. The summed E-state index contributed by atoms with van der Waals surface area (Å²) < 4.78 is 3.19. The molecule has 0 aromatic rings. The first kappa shape index (κ1) is 9.09. The Labute approximate surface area is 71.2 Å². The molecule has 8 heavy (non-hydrogen) atoms. The molecule has 0 aliphatic carbocycles. The molecule has 44 valence electrons. The molecular formula is C6H9ISn. The molecule has 0 unspecified atom stereocenters. The summed E-state index contributed by atoms with van der Waals surface area (Å²) in [6.45, 7) is 2.20. The van der Waals surface area contributed by atoms with E-state index in [-0.39, 0.29) is 17.2 Å².